The molecule has 0 aliphatic carbocycles. The minimum atomic E-state index is -3.35. The van der Waals surface area contributed by atoms with E-state index in [1.807, 2.05) is 84.9 Å². The molecule has 0 aliphatic heterocycles. The van der Waals surface area contributed by atoms with E-state index >= 15 is 4.57 Å². The van der Waals surface area contributed by atoms with Crippen molar-refractivity contribution in [2.75, 3.05) is 0 Å². The summed E-state index contributed by atoms with van der Waals surface area (Å²) in [6.45, 7) is 7.90. The average molecular weight is 498 g/mol. The minimum absolute atomic E-state index is 0.499. The number of hydrogen-bond donors (Lipinski definition) is 0. The molecule has 178 valence electrons. The van der Waals surface area contributed by atoms with Gasteiger partial charge in [-0.1, -0.05) is 98.1 Å². The predicted molar refractivity (Wildman–Crippen MR) is 156 cm³/mol. The topological polar surface area (TPSA) is 47.8 Å². The lowest BCUT2D eigenvalue weighted by Crippen LogP contribution is -2.30. The second kappa shape index (κ2) is 9.16. The van der Waals surface area contributed by atoms with E-state index in [4.69, 9.17) is 4.98 Å². The maximum Gasteiger partial charge on any atom is 0.190 e. The van der Waals surface area contributed by atoms with Crippen LogP contribution in [0.2, 0.25) is 0 Å². The highest BCUT2D eigenvalue weighted by molar-refractivity contribution is 7.85. The molecule has 4 aromatic carbocycles. The largest absolute Gasteiger partial charge is 0.307 e. The third-order valence-electron chi connectivity index (χ3n) is 6.74. The van der Waals surface area contributed by atoms with Crippen molar-refractivity contribution < 1.29 is 4.57 Å². The average Bonchev–Trinajstić information content (AvgIpc) is 3.30. The summed E-state index contributed by atoms with van der Waals surface area (Å²) in [6.07, 6.45) is 6.94. The molecule has 0 N–H and O–H groups in total. The molecule has 0 saturated heterocycles. The van der Waals surface area contributed by atoms with Gasteiger partial charge in [0.1, 0.15) is 11.8 Å². The second-order valence-electron chi connectivity index (χ2n) is 8.81. The van der Waals surface area contributed by atoms with Crippen molar-refractivity contribution in [3.05, 3.63) is 134 Å². The van der Waals surface area contributed by atoms with Crippen LogP contribution in [0.1, 0.15) is 11.1 Å². The maximum atomic E-state index is 15.3. The number of fused-ring (bicyclic) bond motifs is 3. The van der Waals surface area contributed by atoms with Gasteiger partial charge in [0.2, 0.25) is 0 Å². The summed E-state index contributed by atoms with van der Waals surface area (Å²) in [5.74, 6) is 0. The van der Waals surface area contributed by atoms with Crippen LogP contribution in [0, 0.1) is 0 Å². The molecular weight excluding hydrogens is 473 g/mol. The van der Waals surface area contributed by atoms with E-state index < -0.39 is 7.14 Å². The molecule has 4 nitrogen and oxygen atoms in total. The molecule has 2 aromatic heterocycles. The number of aromatic nitrogens is 3. The maximum absolute atomic E-state index is 15.3. The summed E-state index contributed by atoms with van der Waals surface area (Å²) in [5, 5.41) is 3.59. The number of rotatable bonds is 6. The Balaban J connectivity index is 1.74. The van der Waals surface area contributed by atoms with Crippen LogP contribution in [-0.2, 0) is 4.57 Å². The van der Waals surface area contributed by atoms with E-state index in [2.05, 4.69) is 47.0 Å². The van der Waals surface area contributed by atoms with Crippen molar-refractivity contribution in [1.82, 2.24) is 14.5 Å². The molecule has 37 heavy (non-hydrogen) atoms. The lowest BCUT2D eigenvalue weighted by atomic mass is 10.1. The van der Waals surface area contributed by atoms with E-state index in [-0.39, 0.29) is 0 Å². The van der Waals surface area contributed by atoms with Crippen molar-refractivity contribution in [3.8, 4) is 5.69 Å². The molecule has 5 heteroatoms. The second-order valence-corrected chi connectivity index (χ2v) is 11.5. The van der Waals surface area contributed by atoms with Gasteiger partial charge in [-0.3, -0.25) is 0 Å². The Kier molecular flexibility index (Phi) is 5.67. The van der Waals surface area contributed by atoms with Gasteiger partial charge in [0.05, 0.1) is 22.9 Å². The first-order valence-electron chi connectivity index (χ1n) is 12.0. The van der Waals surface area contributed by atoms with Crippen molar-refractivity contribution >= 4 is 57.1 Å². The van der Waals surface area contributed by atoms with E-state index in [1.54, 1.807) is 6.20 Å². The zero-order valence-electron chi connectivity index (χ0n) is 20.2. The highest BCUT2D eigenvalue weighted by atomic mass is 31.2. The normalized spacial score (nSPS) is 11.6. The predicted octanol–water partition coefficient (Wildman–Crippen LogP) is 6.50. The smallest absolute Gasteiger partial charge is 0.190 e. The number of benzene rings is 4. The summed E-state index contributed by atoms with van der Waals surface area (Å²) in [7, 11) is -3.35. The molecule has 0 amide bonds. The molecule has 0 radical (unpaired) electrons. The molecule has 0 saturated carbocycles. The monoisotopic (exact) mass is 497 g/mol. The van der Waals surface area contributed by atoms with Crippen LogP contribution < -0.4 is 16.0 Å². The SMILES string of the molecule is C=Cc1ccc2c(c1)c1cc(C=C)ccc1n2-c1cncnc1P(=O)(c1ccccc1)c1ccccc1. The van der Waals surface area contributed by atoms with Crippen LogP contribution >= 0.6 is 7.14 Å². The summed E-state index contributed by atoms with van der Waals surface area (Å²) >= 11 is 0. The van der Waals surface area contributed by atoms with E-state index in [0.29, 0.717) is 11.1 Å². The van der Waals surface area contributed by atoms with Gasteiger partial charge >= 0.3 is 0 Å². The van der Waals surface area contributed by atoms with Crippen LogP contribution in [0.4, 0.5) is 0 Å². The van der Waals surface area contributed by atoms with E-state index in [1.165, 1.54) is 6.33 Å². The Morgan fingerprint density at radius 3 is 1.70 bits per heavy atom. The lowest BCUT2D eigenvalue weighted by Gasteiger charge is -2.22. The van der Waals surface area contributed by atoms with Gasteiger partial charge in [0, 0.05) is 21.4 Å². The zero-order chi connectivity index (χ0) is 25.4. The Morgan fingerprint density at radius 2 is 1.22 bits per heavy atom. The first-order valence-corrected chi connectivity index (χ1v) is 13.7. The van der Waals surface area contributed by atoms with Crippen LogP contribution in [0.5, 0.6) is 0 Å². The van der Waals surface area contributed by atoms with E-state index in [9.17, 15) is 0 Å². The fraction of sp³-hybridized carbons (Fsp3) is 0. The highest BCUT2D eigenvalue weighted by Gasteiger charge is 2.34. The van der Waals surface area contributed by atoms with Gasteiger partial charge in [-0.25, -0.2) is 9.97 Å². The summed E-state index contributed by atoms with van der Waals surface area (Å²) in [5.41, 5.74) is 5.20. The van der Waals surface area contributed by atoms with Crippen molar-refractivity contribution in [3.63, 3.8) is 0 Å². The van der Waals surface area contributed by atoms with Gasteiger partial charge in [0.15, 0.2) is 7.14 Å². The highest BCUT2D eigenvalue weighted by Crippen LogP contribution is 2.44. The zero-order valence-corrected chi connectivity index (χ0v) is 21.1. The molecule has 0 fully saturated rings. The Hall–Kier alpha value is -4.53. The van der Waals surface area contributed by atoms with Gasteiger partial charge < -0.3 is 9.13 Å². The van der Waals surface area contributed by atoms with Crippen LogP contribution in [-0.4, -0.2) is 14.5 Å². The molecule has 0 atom stereocenters. The van der Waals surface area contributed by atoms with Crippen LogP contribution in [0.15, 0.2) is 123 Å². The molecule has 0 aliphatic rings. The molecule has 0 spiro atoms. The Bertz CT molecular complexity index is 1730. The van der Waals surface area contributed by atoms with Crippen LogP contribution in [0.3, 0.4) is 0 Å². The quantitative estimate of drug-likeness (QED) is 0.247. The molecule has 6 rings (SSSR count). The summed E-state index contributed by atoms with van der Waals surface area (Å²) < 4.78 is 17.4. The van der Waals surface area contributed by atoms with Gasteiger partial charge in [-0.15, -0.1) is 0 Å². The fourth-order valence-electron chi connectivity index (χ4n) is 4.96. The first kappa shape index (κ1) is 22.9. The van der Waals surface area contributed by atoms with Gasteiger partial charge in [-0.05, 0) is 35.4 Å². The fourth-order valence-corrected chi connectivity index (χ4v) is 7.62. The Labute approximate surface area is 215 Å². The van der Waals surface area contributed by atoms with Crippen molar-refractivity contribution in [1.29, 1.82) is 0 Å². The summed E-state index contributed by atoms with van der Waals surface area (Å²) in [6, 6.07) is 31.7. The van der Waals surface area contributed by atoms with Crippen LogP contribution in [0.25, 0.3) is 39.6 Å². The Morgan fingerprint density at radius 1 is 0.703 bits per heavy atom. The van der Waals surface area contributed by atoms with Gasteiger partial charge in [-0.2, -0.15) is 0 Å². The first-order chi connectivity index (χ1) is 18.1. The molecule has 0 unspecified atom stereocenters. The molecular formula is C32H24N3OP. The molecule has 6 aromatic rings. The lowest BCUT2D eigenvalue weighted by molar-refractivity contribution is 0.592. The summed E-state index contributed by atoms with van der Waals surface area (Å²) in [4.78, 5) is 9.11. The van der Waals surface area contributed by atoms with Crippen molar-refractivity contribution in [2.45, 2.75) is 0 Å². The van der Waals surface area contributed by atoms with Gasteiger partial charge in [0.25, 0.3) is 0 Å². The van der Waals surface area contributed by atoms with Crippen molar-refractivity contribution in [2.24, 2.45) is 0 Å². The number of hydrogen-bond acceptors (Lipinski definition) is 3. The number of nitrogens with zero attached hydrogens (tertiary/aromatic N) is 3. The van der Waals surface area contributed by atoms with E-state index in [0.717, 1.165) is 43.5 Å². The molecule has 2 heterocycles. The standard InChI is InChI=1S/C32H24N3OP/c1-3-23-15-17-29-27(19-23)28-20-24(4-2)16-18-30(28)35(29)31-21-33-22-34-32(31)37(36,25-11-7-5-8-12-25)26-13-9-6-10-14-26/h3-22H,1-2H2. The molecule has 0 bridgehead atoms. The third kappa shape index (κ3) is 3.66. The third-order valence-corrected chi connectivity index (χ3v) is 9.73. The minimum Gasteiger partial charge on any atom is -0.307 e.